The Morgan fingerprint density at radius 2 is 2.00 bits per heavy atom. The molecule has 0 aliphatic rings. The Morgan fingerprint density at radius 3 is 2.67 bits per heavy atom. The molecule has 18 heavy (non-hydrogen) atoms. The average Bonchev–Trinajstić information content (AvgIpc) is 2.28. The smallest absolute Gasteiger partial charge is 0.130 e. The summed E-state index contributed by atoms with van der Waals surface area (Å²) in [6.45, 7) is 0. The lowest BCUT2D eigenvalue weighted by atomic mass is 10.0. The molecule has 0 amide bonds. The largest absolute Gasteiger partial charge is 0.388 e. The maximum Gasteiger partial charge on any atom is 0.130 e. The first kappa shape index (κ1) is 13.5. The lowest BCUT2D eigenvalue weighted by Gasteiger charge is -2.12. The third-order valence-corrected chi connectivity index (χ3v) is 3.37. The van der Waals surface area contributed by atoms with E-state index in [0.717, 1.165) is 5.56 Å². The summed E-state index contributed by atoms with van der Waals surface area (Å²) < 4.78 is 14.3. The second-order valence-electron chi connectivity index (χ2n) is 4.02. The van der Waals surface area contributed by atoms with Crippen LogP contribution in [0, 0.1) is 5.82 Å². The fourth-order valence-electron chi connectivity index (χ4n) is 1.77. The molecule has 2 aromatic rings. The summed E-state index contributed by atoms with van der Waals surface area (Å²) in [5, 5.41) is 10.6. The zero-order chi connectivity index (χ0) is 13.1. The van der Waals surface area contributed by atoms with Gasteiger partial charge in [0.1, 0.15) is 5.82 Å². The number of halogens is 3. The molecule has 1 N–H and O–H groups in total. The van der Waals surface area contributed by atoms with Crippen molar-refractivity contribution < 1.29 is 9.50 Å². The van der Waals surface area contributed by atoms with Crippen molar-refractivity contribution in [1.82, 2.24) is 0 Å². The standard InChI is InChI=1S/C14H11BrClFO/c15-10-4-5-12(13(17)8-10)14(18)7-9-2-1-3-11(16)6-9/h1-6,8,14,18H,7H2. The van der Waals surface area contributed by atoms with E-state index in [1.165, 1.54) is 6.07 Å². The van der Waals surface area contributed by atoms with Crippen molar-refractivity contribution in [3.63, 3.8) is 0 Å². The van der Waals surface area contributed by atoms with Crippen LogP contribution in [0.25, 0.3) is 0 Å². The van der Waals surface area contributed by atoms with Gasteiger partial charge in [-0.2, -0.15) is 0 Å². The van der Waals surface area contributed by atoms with Gasteiger partial charge in [-0.1, -0.05) is 45.7 Å². The van der Waals surface area contributed by atoms with E-state index in [0.29, 0.717) is 15.9 Å². The van der Waals surface area contributed by atoms with Gasteiger partial charge < -0.3 is 5.11 Å². The summed E-state index contributed by atoms with van der Waals surface area (Å²) in [6, 6.07) is 11.8. The van der Waals surface area contributed by atoms with Crippen molar-refractivity contribution in [3.05, 3.63) is 68.9 Å². The maximum atomic E-state index is 13.7. The zero-order valence-electron chi connectivity index (χ0n) is 9.41. The lowest BCUT2D eigenvalue weighted by Crippen LogP contribution is -2.04. The SMILES string of the molecule is OC(Cc1cccc(Cl)c1)c1ccc(Br)cc1F. The molecule has 1 atom stereocenters. The number of hydrogen-bond acceptors (Lipinski definition) is 1. The van der Waals surface area contributed by atoms with Crippen LogP contribution in [0.3, 0.4) is 0 Å². The van der Waals surface area contributed by atoms with Crippen LogP contribution in [0.2, 0.25) is 5.02 Å². The Bertz CT molecular complexity index is 559. The molecule has 2 aromatic carbocycles. The molecule has 0 radical (unpaired) electrons. The third-order valence-electron chi connectivity index (χ3n) is 2.64. The number of hydrogen-bond donors (Lipinski definition) is 1. The van der Waals surface area contributed by atoms with Gasteiger partial charge in [0.15, 0.2) is 0 Å². The highest BCUT2D eigenvalue weighted by Gasteiger charge is 2.13. The minimum Gasteiger partial charge on any atom is -0.388 e. The fraction of sp³-hybridized carbons (Fsp3) is 0.143. The van der Waals surface area contributed by atoms with Crippen LogP contribution in [-0.4, -0.2) is 5.11 Å². The van der Waals surface area contributed by atoms with Gasteiger partial charge in [0.2, 0.25) is 0 Å². The van der Waals surface area contributed by atoms with E-state index in [9.17, 15) is 9.50 Å². The Balaban J connectivity index is 2.19. The van der Waals surface area contributed by atoms with Crippen molar-refractivity contribution in [2.24, 2.45) is 0 Å². The van der Waals surface area contributed by atoms with E-state index in [2.05, 4.69) is 15.9 Å². The molecule has 0 fully saturated rings. The number of aliphatic hydroxyl groups excluding tert-OH is 1. The predicted octanol–water partition coefficient (Wildman–Crippen LogP) is 4.52. The molecule has 4 heteroatoms. The third kappa shape index (κ3) is 3.31. The van der Waals surface area contributed by atoms with Gasteiger partial charge in [0.25, 0.3) is 0 Å². The predicted molar refractivity (Wildman–Crippen MR) is 74.2 cm³/mol. The highest BCUT2D eigenvalue weighted by atomic mass is 79.9. The summed E-state index contributed by atoms with van der Waals surface area (Å²) in [7, 11) is 0. The number of aliphatic hydroxyl groups is 1. The Labute approximate surface area is 118 Å². The van der Waals surface area contributed by atoms with Crippen molar-refractivity contribution in [2.75, 3.05) is 0 Å². The Morgan fingerprint density at radius 1 is 1.22 bits per heavy atom. The van der Waals surface area contributed by atoms with Crippen LogP contribution < -0.4 is 0 Å². The Hall–Kier alpha value is -0.900. The molecule has 0 heterocycles. The molecular formula is C14H11BrClFO. The maximum absolute atomic E-state index is 13.7. The number of rotatable bonds is 3. The van der Waals surface area contributed by atoms with Crippen LogP contribution in [0.5, 0.6) is 0 Å². The van der Waals surface area contributed by atoms with Crippen LogP contribution in [0.4, 0.5) is 4.39 Å². The summed E-state index contributed by atoms with van der Waals surface area (Å²) in [5.41, 5.74) is 1.16. The summed E-state index contributed by atoms with van der Waals surface area (Å²) >= 11 is 9.05. The topological polar surface area (TPSA) is 20.2 Å². The van der Waals surface area contributed by atoms with Crippen molar-refractivity contribution in [3.8, 4) is 0 Å². The molecule has 0 aliphatic carbocycles. The summed E-state index contributed by atoms with van der Waals surface area (Å²) in [5.74, 6) is -0.418. The van der Waals surface area contributed by atoms with Crippen LogP contribution >= 0.6 is 27.5 Å². The Kier molecular flexibility index (Phi) is 4.38. The van der Waals surface area contributed by atoms with Gasteiger partial charge in [-0.3, -0.25) is 0 Å². The highest BCUT2D eigenvalue weighted by Crippen LogP contribution is 2.24. The van der Waals surface area contributed by atoms with E-state index in [-0.39, 0.29) is 5.56 Å². The average molecular weight is 330 g/mol. The molecule has 0 bridgehead atoms. The first-order valence-corrected chi connectivity index (χ1v) is 6.61. The van der Waals surface area contributed by atoms with Gasteiger partial charge in [-0.05, 0) is 29.8 Å². The summed E-state index contributed by atoms with van der Waals surface area (Å²) in [4.78, 5) is 0. The molecule has 0 aliphatic heterocycles. The monoisotopic (exact) mass is 328 g/mol. The van der Waals surface area contributed by atoms with Crippen molar-refractivity contribution in [2.45, 2.75) is 12.5 Å². The van der Waals surface area contributed by atoms with E-state index in [1.54, 1.807) is 24.3 Å². The van der Waals surface area contributed by atoms with E-state index in [4.69, 9.17) is 11.6 Å². The molecule has 1 unspecified atom stereocenters. The first-order chi connectivity index (χ1) is 8.56. The van der Waals surface area contributed by atoms with Gasteiger partial charge in [0.05, 0.1) is 6.10 Å². The first-order valence-electron chi connectivity index (χ1n) is 5.44. The minimum absolute atomic E-state index is 0.290. The second-order valence-corrected chi connectivity index (χ2v) is 5.37. The zero-order valence-corrected chi connectivity index (χ0v) is 11.7. The van der Waals surface area contributed by atoms with Gasteiger partial charge in [0, 0.05) is 21.5 Å². The van der Waals surface area contributed by atoms with E-state index in [1.807, 2.05) is 12.1 Å². The van der Waals surface area contributed by atoms with Crippen LogP contribution in [-0.2, 0) is 6.42 Å². The molecular weight excluding hydrogens is 319 g/mol. The molecule has 1 nitrogen and oxygen atoms in total. The fourth-order valence-corrected chi connectivity index (χ4v) is 2.31. The van der Waals surface area contributed by atoms with E-state index >= 15 is 0 Å². The van der Waals surface area contributed by atoms with Gasteiger partial charge >= 0.3 is 0 Å². The lowest BCUT2D eigenvalue weighted by molar-refractivity contribution is 0.173. The number of benzene rings is 2. The quantitative estimate of drug-likeness (QED) is 0.878. The van der Waals surface area contributed by atoms with E-state index < -0.39 is 11.9 Å². The van der Waals surface area contributed by atoms with Crippen LogP contribution in [0.1, 0.15) is 17.2 Å². The summed E-state index contributed by atoms with van der Waals surface area (Å²) in [6.07, 6.45) is -0.546. The molecule has 0 saturated carbocycles. The molecule has 0 spiro atoms. The molecule has 0 aromatic heterocycles. The van der Waals surface area contributed by atoms with Gasteiger partial charge in [-0.25, -0.2) is 4.39 Å². The normalized spacial score (nSPS) is 12.4. The molecule has 94 valence electrons. The van der Waals surface area contributed by atoms with Crippen molar-refractivity contribution in [1.29, 1.82) is 0 Å². The minimum atomic E-state index is -0.878. The van der Waals surface area contributed by atoms with Gasteiger partial charge in [-0.15, -0.1) is 0 Å². The molecule has 0 saturated heterocycles. The van der Waals surface area contributed by atoms with Crippen LogP contribution in [0.15, 0.2) is 46.9 Å². The molecule has 2 rings (SSSR count). The second kappa shape index (κ2) is 5.83. The van der Waals surface area contributed by atoms with Crippen molar-refractivity contribution >= 4 is 27.5 Å². The highest BCUT2D eigenvalue weighted by molar-refractivity contribution is 9.10.